The summed E-state index contributed by atoms with van der Waals surface area (Å²) in [5, 5.41) is 19.6. The van der Waals surface area contributed by atoms with Gasteiger partial charge in [-0.3, -0.25) is 14.7 Å². The summed E-state index contributed by atoms with van der Waals surface area (Å²) in [5.74, 6) is 1.69. The summed E-state index contributed by atoms with van der Waals surface area (Å²) in [7, 11) is 0. The lowest BCUT2D eigenvalue weighted by Crippen LogP contribution is -2.44. The standard InChI is InChI=1S/C37H36ClN3O6/c1-23-27(6-5-7-29(23)30-9-10-33-36(24(30)2)45-13-12-44-33)22-47-35-16-34(46-21-26-14-25(17-39)18-40-19-26)28(15-31(35)38)20-41-11-4-3-8-32(41)37(42)43/h5-7,9-10,14-16,18-19,32H,3-4,8,11-13,20-22H2,1-2H3,(H,42,43). The van der Waals surface area contributed by atoms with Crippen LogP contribution < -0.4 is 18.9 Å². The van der Waals surface area contributed by atoms with Crippen molar-refractivity contribution in [3.8, 4) is 40.2 Å². The molecule has 1 N–H and O–H groups in total. The van der Waals surface area contributed by atoms with Crippen LogP contribution in [-0.2, 0) is 24.6 Å². The van der Waals surface area contributed by atoms with Crippen LogP contribution in [0.15, 0.2) is 60.9 Å². The molecule has 1 saturated heterocycles. The molecule has 0 amide bonds. The molecule has 47 heavy (non-hydrogen) atoms. The van der Waals surface area contributed by atoms with Gasteiger partial charge in [-0.05, 0) is 73.7 Å². The number of benzene rings is 3. The average molecular weight is 654 g/mol. The topological polar surface area (TPSA) is 114 Å². The van der Waals surface area contributed by atoms with Crippen molar-refractivity contribution in [3.05, 3.63) is 99.3 Å². The van der Waals surface area contributed by atoms with Gasteiger partial charge in [-0.2, -0.15) is 5.26 Å². The van der Waals surface area contributed by atoms with E-state index < -0.39 is 12.0 Å². The molecule has 1 aromatic heterocycles. The smallest absolute Gasteiger partial charge is 0.320 e. The third-order valence-corrected chi connectivity index (χ3v) is 9.08. The van der Waals surface area contributed by atoms with E-state index in [4.69, 9.17) is 30.5 Å². The average Bonchev–Trinajstić information content (AvgIpc) is 3.08. The fourth-order valence-corrected chi connectivity index (χ4v) is 6.49. The second-order valence-corrected chi connectivity index (χ2v) is 12.2. The fraction of sp³-hybridized carbons (Fsp3) is 0.324. The van der Waals surface area contributed by atoms with E-state index in [1.165, 1.54) is 6.20 Å². The number of rotatable bonds is 10. The highest BCUT2D eigenvalue weighted by molar-refractivity contribution is 6.32. The van der Waals surface area contributed by atoms with Crippen LogP contribution in [0.4, 0.5) is 0 Å². The van der Waals surface area contributed by atoms with E-state index in [9.17, 15) is 15.2 Å². The van der Waals surface area contributed by atoms with Crippen molar-refractivity contribution in [3.63, 3.8) is 0 Å². The van der Waals surface area contributed by atoms with Gasteiger partial charge in [-0.15, -0.1) is 0 Å². The Kier molecular flexibility index (Phi) is 9.81. The number of carboxylic acids is 1. The summed E-state index contributed by atoms with van der Waals surface area (Å²) in [6.45, 7) is 6.64. The first kappa shape index (κ1) is 32.2. The molecule has 9 nitrogen and oxygen atoms in total. The summed E-state index contributed by atoms with van der Waals surface area (Å²) in [6.07, 6.45) is 5.54. The number of aromatic nitrogens is 1. The summed E-state index contributed by atoms with van der Waals surface area (Å²) >= 11 is 6.81. The summed E-state index contributed by atoms with van der Waals surface area (Å²) in [5.41, 5.74) is 7.17. The second kappa shape index (κ2) is 14.3. The molecule has 1 atom stereocenters. The Bertz CT molecular complexity index is 1840. The molecule has 2 aliphatic heterocycles. The number of carboxylic acid groups (broad SMARTS) is 1. The van der Waals surface area contributed by atoms with E-state index >= 15 is 0 Å². The van der Waals surface area contributed by atoms with Gasteiger partial charge in [-0.25, -0.2) is 0 Å². The second-order valence-electron chi connectivity index (χ2n) is 11.8. The van der Waals surface area contributed by atoms with E-state index in [1.54, 1.807) is 24.4 Å². The van der Waals surface area contributed by atoms with Crippen molar-refractivity contribution in [2.24, 2.45) is 0 Å². The van der Waals surface area contributed by atoms with Crippen LogP contribution in [0.5, 0.6) is 23.0 Å². The van der Waals surface area contributed by atoms with Crippen LogP contribution in [0, 0.1) is 25.2 Å². The predicted molar refractivity (Wildman–Crippen MR) is 177 cm³/mol. The molecule has 2 aliphatic rings. The molecule has 242 valence electrons. The third-order valence-electron chi connectivity index (χ3n) is 8.78. The molecule has 1 fully saturated rings. The molecule has 0 radical (unpaired) electrons. The van der Waals surface area contributed by atoms with Crippen LogP contribution in [0.25, 0.3) is 11.1 Å². The Hall–Kier alpha value is -4.78. The number of nitriles is 1. The Balaban J connectivity index is 1.27. The SMILES string of the molecule is Cc1c(COc2cc(OCc3cncc(C#N)c3)c(CN3CCCCC3C(=O)O)cc2Cl)cccc1-c1ccc2c(c1C)OCCO2. The zero-order valence-electron chi connectivity index (χ0n) is 26.4. The Morgan fingerprint density at radius 3 is 2.64 bits per heavy atom. The van der Waals surface area contributed by atoms with Crippen LogP contribution >= 0.6 is 11.6 Å². The summed E-state index contributed by atoms with van der Waals surface area (Å²) in [6, 6.07) is 17.0. The van der Waals surface area contributed by atoms with Crippen molar-refractivity contribution in [2.75, 3.05) is 19.8 Å². The van der Waals surface area contributed by atoms with Gasteiger partial charge in [0.1, 0.15) is 50.0 Å². The highest BCUT2D eigenvalue weighted by atomic mass is 35.5. The van der Waals surface area contributed by atoms with Gasteiger partial charge in [0.25, 0.3) is 0 Å². The lowest BCUT2D eigenvalue weighted by atomic mass is 9.93. The predicted octanol–water partition coefficient (Wildman–Crippen LogP) is 7.26. The zero-order chi connectivity index (χ0) is 32.9. The van der Waals surface area contributed by atoms with Gasteiger partial charge in [0.05, 0.1) is 10.6 Å². The quantitative estimate of drug-likeness (QED) is 0.189. The number of fused-ring (bicyclic) bond motifs is 1. The van der Waals surface area contributed by atoms with Crippen molar-refractivity contribution < 1.29 is 28.8 Å². The monoisotopic (exact) mass is 653 g/mol. The van der Waals surface area contributed by atoms with Crippen LogP contribution in [0.3, 0.4) is 0 Å². The first-order valence-electron chi connectivity index (χ1n) is 15.7. The van der Waals surface area contributed by atoms with E-state index in [-0.39, 0.29) is 13.2 Å². The lowest BCUT2D eigenvalue weighted by molar-refractivity contribution is -0.144. The van der Waals surface area contributed by atoms with Gasteiger partial charge < -0.3 is 24.1 Å². The maximum absolute atomic E-state index is 12.0. The van der Waals surface area contributed by atoms with Crippen LogP contribution in [0.1, 0.15) is 52.6 Å². The molecule has 4 aromatic rings. The van der Waals surface area contributed by atoms with Crippen LogP contribution in [0.2, 0.25) is 5.02 Å². The molecule has 0 aliphatic carbocycles. The van der Waals surface area contributed by atoms with Gasteiger partial charge in [-0.1, -0.05) is 42.3 Å². The van der Waals surface area contributed by atoms with Gasteiger partial charge in [0.2, 0.25) is 0 Å². The molecule has 0 saturated carbocycles. The van der Waals surface area contributed by atoms with Crippen molar-refractivity contribution in [1.29, 1.82) is 5.26 Å². The minimum absolute atomic E-state index is 0.162. The molecule has 3 aromatic carbocycles. The molecule has 6 rings (SSSR count). The Morgan fingerprint density at radius 2 is 1.81 bits per heavy atom. The number of hydrogen-bond acceptors (Lipinski definition) is 8. The van der Waals surface area contributed by atoms with Gasteiger partial charge in [0.15, 0.2) is 11.5 Å². The number of aliphatic carboxylic acids is 1. The molecule has 0 bridgehead atoms. The maximum atomic E-state index is 12.0. The number of pyridine rings is 1. The van der Waals surface area contributed by atoms with E-state index in [2.05, 4.69) is 30.1 Å². The molecular formula is C37H36ClN3O6. The van der Waals surface area contributed by atoms with Crippen molar-refractivity contribution in [2.45, 2.75) is 58.9 Å². The first-order valence-corrected chi connectivity index (χ1v) is 16.1. The van der Waals surface area contributed by atoms with E-state index in [0.717, 1.165) is 63.3 Å². The molecule has 1 unspecified atom stereocenters. The molecule has 10 heteroatoms. The minimum Gasteiger partial charge on any atom is -0.488 e. The third kappa shape index (κ3) is 7.14. The van der Waals surface area contributed by atoms with Crippen LogP contribution in [-0.4, -0.2) is 46.8 Å². The number of ether oxygens (including phenoxy) is 4. The largest absolute Gasteiger partial charge is 0.488 e. The highest BCUT2D eigenvalue weighted by Crippen LogP contribution is 2.41. The Morgan fingerprint density at radius 1 is 1.00 bits per heavy atom. The highest BCUT2D eigenvalue weighted by Gasteiger charge is 2.29. The van der Waals surface area contributed by atoms with E-state index in [1.807, 2.05) is 30.0 Å². The fourth-order valence-electron chi connectivity index (χ4n) is 6.25. The van der Waals surface area contributed by atoms with Gasteiger partial charge >= 0.3 is 5.97 Å². The summed E-state index contributed by atoms with van der Waals surface area (Å²) in [4.78, 5) is 18.1. The molecule has 3 heterocycles. The zero-order valence-corrected chi connectivity index (χ0v) is 27.2. The summed E-state index contributed by atoms with van der Waals surface area (Å²) < 4.78 is 24.3. The lowest BCUT2D eigenvalue weighted by Gasteiger charge is -2.33. The molecule has 0 spiro atoms. The van der Waals surface area contributed by atoms with Crippen molar-refractivity contribution in [1.82, 2.24) is 9.88 Å². The molecular weight excluding hydrogens is 618 g/mol. The number of hydrogen-bond donors (Lipinski definition) is 1. The number of likely N-dealkylation sites (tertiary alicyclic amines) is 1. The number of nitrogens with zero attached hydrogens (tertiary/aromatic N) is 3. The number of carbonyl (C=O) groups is 1. The van der Waals surface area contributed by atoms with E-state index in [0.29, 0.717) is 54.8 Å². The Labute approximate surface area is 279 Å². The number of halogens is 1. The maximum Gasteiger partial charge on any atom is 0.320 e. The normalized spacial score (nSPS) is 15.9. The van der Waals surface area contributed by atoms with Gasteiger partial charge in [0, 0.05) is 41.7 Å². The minimum atomic E-state index is -0.832. The first-order chi connectivity index (χ1) is 22.8. The number of piperidine rings is 1. The van der Waals surface area contributed by atoms with Crippen molar-refractivity contribution >= 4 is 17.6 Å².